The van der Waals surface area contributed by atoms with Crippen LogP contribution in [-0.4, -0.2) is 13.0 Å². The first kappa shape index (κ1) is 15.1. The Balaban J connectivity index is 2.09. The van der Waals surface area contributed by atoms with Crippen LogP contribution >= 0.6 is 0 Å². The molecular formula is C20H19NO2. The Morgan fingerprint density at radius 3 is 2.52 bits per heavy atom. The van der Waals surface area contributed by atoms with Crippen molar-refractivity contribution in [2.45, 2.75) is 12.3 Å². The highest BCUT2D eigenvalue weighted by molar-refractivity contribution is 5.93. The largest absolute Gasteiger partial charge is 0.497 e. The Hall–Kier alpha value is -2.81. The normalized spacial score (nSPS) is 12.0. The molecule has 3 nitrogen and oxygen atoms in total. The van der Waals surface area contributed by atoms with E-state index in [-0.39, 0.29) is 11.8 Å². The highest BCUT2D eigenvalue weighted by atomic mass is 16.5. The summed E-state index contributed by atoms with van der Waals surface area (Å²) in [4.78, 5) is 12.1. The van der Waals surface area contributed by atoms with Crippen molar-refractivity contribution in [3.63, 3.8) is 0 Å². The number of rotatable bonds is 5. The van der Waals surface area contributed by atoms with Gasteiger partial charge in [0.15, 0.2) is 0 Å². The van der Waals surface area contributed by atoms with Crippen molar-refractivity contribution < 1.29 is 9.53 Å². The molecule has 0 aliphatic carbocycles. The lowest BCUT2D eigenvalue weighted by molar-refractivity contribution is -0.119. The summed E-state index contributed by atoms with van der Waals surface area (Å²) in [7, 11) is 1.64. The predicted octanol–water partition coefficient (Wildman–Crippen LogP) is 3.66. The molecule has 0 aromatic heterocycles. The van der Waals surface area contributed by atoms with Crippen LogP contribution in [0.5, 0.6) is 5.75 Å². The first-order valence-corrected chi connectivity index (χ1v) is 7.59. The van der Waals surface area contributed by atoms with E-state index in [4.69, 9.17) is 10.5 Å². The lowest BCUT2D eigenvalue weighted by Crippen LogP contribution is -2.23. The molecule has 3 rings (SSSR count). The minimum absolute atomic E-state index is 0.316. The van der Waals surface area contributed by atoms with Crippen molar-refractivity contribution in [1.82, 2.24) is 0 Å². The van der Waals surface area contributed by atoms with Crippen molar-refractivity contribution in [2.75, 3.05) is 7.11 Å². The van der Waals surface area contributed by atoms with Crippen molar-refractivity contribution in [3.8, 4) is 5.75 Å². The maximum atomic E-state index is 12.1. The van der Waals surface area contributed by atoms with Gasteiger partial charge in [-0.25, -0.2) is 0 Å². The number of methoxy groups -OCH3 is 1. The van der Waals surface area contributed by atoms with Gasteiger partial charge in [0.25, 0.3) is 0 Å². The lowest BCUT2D eigenvalue weighted by Gasteiger charge is -2.17. The summed E-state index contributed by atoms with van der Waals surface area (Å²) in [6, 6.07) is 21.8. The number of hydrogen-bond donors (Lipinski definition) is 1. The summed E-state index contributed by atoms with van der Waals surface area (Å²) in [6.45, 7) is 0. The zero-order valence-corrected chi connectivity index (χ0v) is 13.0. The minimum Gasteiger partial charge on any atom is -0.497 e. The Morgan fingerprint density at radius 1 is 1.04 bits per heavy atom. The van der Waals surface area contributed by atoms with Gasteiger partial charge in [-0.15, -0.1) is 0 Å². The average Bonchev–Trinajstić information content (AvgIpc) is 2.59. The van der Waals surface area contributed by atoms with Crippen LogP contribution in [0.25, 0.3) is 10.8 Å². The van der Waals surface area contributed by atoms with E-state index in [0.29, 0.717) is 6.42 Å². The van der Waals surface area contributed by atoms with Gasteiger partial charge in [-0.2, -0.15) is 0 Å². The molecule has 23 heavy (non-hydrogen) atoms. The zero-order chi connectivity index (χ0) is 16.2. The Labute approximate surface area is 135 Å². The van der Waals surface area contributed by atoms with Crippen molar-refractivity contribution in [2.24, 2.45) is 5.73 Å². The summed E-state index contributed by atoms with van der Waals surface area (Å²) >= 11 is 0. The molecule has 3 aromatic rings. The van der Waals surface area contributed by atoms with E-state index in [1.807, 2.05) is 66.7 Å². The van der Waals surface area contributed by atoms with Crippen LogP contribution in [0.2, 0.25) is 0 Å². The Kier molecular flexibility index (Phi) is 4.29. The SMILES string of the molecule is COc1ccc2cccc(C(Cc3ccccc3)C(N)=O)c2c1. The molecule has 0 spiro atoms. The zero-order valence-electron chi connectivity index (χ0n) is 13.0. The molecule has 3 heteroatoms. The Morgan fingerprint density at radius 2 is 1.83 bits per heavy atom. The second-order valence-corrected chi connectivity index (χ2v) is 5.58. The number of carbonyl (C=O) groups excluding carboxylic acids is 1. The maximum absolute atomic E-state index is 12.1. The number of carbonyl (C=O) groups is 1. The molecule has 0 fully saturated rings. The number of amides is 1. The minimum atomic E-state index is -0.367. The van der Waals surface area contributed by atoms with E-state index < -0.39 is 0 Å². The molecule has 0 aliphatic heterocycles. The van der Waals surface area contributed by atoms with Crippen LogP contribution in [0.4, 0.5) is 0 Å². The molecule has 0 aliphatic rings. The number of fused-ring (bicyclic) bond motifs is 1. The fourth-order valence-electron chi connectivity index (χ4n) is 2.92. The molecular weight excluding hydrogens is 286 g/mol. The first-order chi connectivity index (χ1) is 11.2. The van der Waals surface area contributed by atoms with Crippen LogP contribution in [0.15, 0.2) is 66.7 Å². The molecule has 1 atom stereocenters. The quantitative estimate of drug-likeness (QED) is 0.782. The Bertz CT molecular complexity index is 827. The second-order valence-electron chi connectivity index (χ2n) is 5.58. The van der Waals surface area contributed by atoms with Crippen LogP contribution in [0, 0.1) is 0 Å². The van der Waals surface area contributed by atoms with Gasteiger partial charge in [-0.3, -0.25) is 4.79 Å². The maximum Gasteiger partial charge on any atom is 0.225 e. The fraction of sp³-hybridized carbons (Fsp3) is 0.150. The summed E-state index contributed by atoms with van der Waals surface area (Å²) < 4.78 is 5.32. The number of nitrogens with two attached hydrogens (primary N) is 1. The van der Waals surface area contributed by atoms with E-state index in [0.717, 1.165) is 27.6 Å². The molecule has 0 bridgehead atoms. The number of benzene rings is 3. The van der Waals surface area contributed by atoms with Crippen LogP contribution in [0.1, 0.15) is 17.0 Å². The number of primary amides is 1. The van der Waals surface area contributed by atoms with E-state index in [9.17, 15) is 4.79 Å². The van der Waals surface area contributed by atoms with Gasteiger partial charge in [-0.05, 0) is 40.5 Å². The fourth-order valence-corrected chi connectivity index (χ4v) is 2.92. The van der Waals surface area contributed by atoms with E-state index in [1.54, 1.807) is 7.11 Å². The molecule has 0 saturated heterocycles. The van der Waals surface area contributed by atoms with Gasteiger partial charge in [-0.1, -0.05) is 54.6 Å². The molecule has 116 valence electrons. The topological polar surface area (TPSA) is 52.3 Å². The molecule has 0 radical (unpaired) electrons. The highest BCUT2D eigenvalue weighted by Crippen LogP contribution is 2.30. The number of ether oxygens (including phenoxy) is 1. The van der Waals surface area contributed by atoms with Crippen LogP contribution in [-0.2, 0) is 11.2 Å². The molecule has 0 heterocycles. The standard InChI is InChI=1S/C20H19NO2/c1-23-16-11-10-15-8-5-9-17(18(15)13-16)19(20(21)22)12-14-6-3-2-4-7-14/h2-11,13,19H,12H2,1H3,(H2,21,22). The van der Waals surface area contributed by atoms with Crippen LogP contribution < -0.4 is 10.5 Å². The van der Waals surface area contributed by atoms with Gasteiger partial charge in [0.1, 0.15) is 5.75 Å². The highest BCUT2D eigenvalue weighted by Gasteiger charge is 2.20. The third-order valence-corrected chi connectivity index (χ3v) is 4.12. The van der Waals surface area contributed by atoms with Crippen LogP contribution in [0.3, 0.4) is 0 Å². The molecule has 2 N–H and O–H groups in total. The van der Waals surface area contributed by atoms with Crippen molar-refractivity contribution in [3.05, 3.63) is 77.9 Å². The van der Waals surface area contributed by atoms with E-state index >= 15 is 0 Å². The summed E-state index contributed by atoms with van der Waals surface area (Å²) in [5.41, 5.74) is 7.74. The van der Waals surface area contributed by atoms with Gasteiger partial charge in [0.2, 0.25) is 5.91 Å². The average molecular weight is 305 g/mol. The van der Waals surface area contributed by atoms with Gasteiger partial charge in [0, 0.05) is 0 Å². The molecule has 0 saturated carbocycles. The lowest BCUT2D eigenvalue weighted by atomic mass is 9.88. The van der Waals surface area contributed by atoms with Gasteiger partial charge >= 0.3 is 0 Å². The summed E-state index contributed by atoms with van der Waals surface area (Å²) in [5.74, 6) is 0.0882. The summed E-state index contributed by atoms with van der Waals surface area (Å²) in [5, 5.41) is 2.08. The van der Waals surface area contributed by atoms with Crippen molar-refractivity contribution in [1.29, 1.82) is 0 Å². The second kappa shape index (κ2) is 6.53. The van der Waals surface area contributed by atoms with E-state index in [1.165, 1.54) is 0 Å². The third-order valence-electron chi connectivity index (χ3n) is 4.12. The van der Waals surface area contributed by atoms with Gasteiger partial charge < -0.3 is 10.5 Å². The third kappa shape index (κ3) is 3.19. The molecule has 1 unspecified atom stereocenters. The number of hydrogen-bond acceptors (Lipinski definition) is 2. The predicted molar refractivity (Wildman–Crippen MR) is 92.6 cm³/mol. The first-order valence-electron chi connectivity index (χ1n) is 7.59. The van der Waals surface area contributed by atoms with E-state index in [2.05, 4.69) is 0 Å². The monoisotopic (exact) mass is 305 g/mol. The summed E-state index contributed by atoms with van der Waals surface area (Å²) in [6.07, 6.45) is 0.590. The smallest absolute Gasteiger partial charge is 0.225 e. The molecule has 1 amide bonds. The molecule has 3 aromatic carbocycles. The van der Waals surface area contributed by atoms with Crippen molar-refractivity contribution >= 4 is 16.7 Å². The van der Waals surface area contributed by atoms with Gasteiger partial charge in [0.05, 0.1) is 13.0 Å².